The van der Waals surface area contributed by atoms with Gasteiger partial charge in [0.2, 0.25) is 0 Å². The fourth-order valence-corrected chi connectivity index (χ4v) is 3.56. The minimum atomic E-state index is -0.507. The highest BCUT2D eigenvalue weighted by Gasteiger charge is 2.14. The molecule has 4 rings (SSSR count). The standard InChI is InChI=1S/C29H24O6/c1-18-17-27(35-29(32)22-8-12-24(33-3)13-9-22)19(2)16-26(18)20-6-14-25(15-7-20)34-28(31)21-4-10-23(30)11-5-21/h4-17,30H,1-3H3. The van der Waals surface area contributed by atoms with E-state index in [4.69, 9.17) is 14.2 Å². The molecule has 0 spiro atoms. The Bertz CT molecular complexity index is 1350. The lowest BCUT2D eigenvalue weighted by atomic mass is 9.97. The first kappa shape index (κ1) is 23.6. The molecular weight excluding hydrogens is 444 g/mol. The van der Waals surface area contributed by atoms with Gasteiger partial charge in [0, 0.05) is 0 Å². The van der Waals surface area contributed by atoms with Crippen LogP contribution in [0.4, 0.5) is 0 Å². The average Bonchev–Trinajstić information content (AvgIpc) is 2.87. The SMILES string of the molecule is COc1ccc(C(=O)Oc2cc(C)c(-c3ccc(OC(=O)c4ccc(O)cc4)cc3)cc2C)cc1. The van der Waals surface area contributed by atoms with Crippen molar-refractivity contribution in [2.75, 3.05) is 7.11 Å². The molecule has 35 heavy (non-hydrogen) atoms. The molecule has 0 radical (unpaired) electrons. The van der Waals surface area contributed by atoms with Crippen molar-refractivity contribution in [2.45, 2.75) is 13.8 Å². The second-order valence-corrected chi connectivity index (χ2v) is 8.01. The third-order valence-electron chi connectivity index (χ3n) is 5.53. The van der Waals surface area contributed by atoms with E-state index in [2.05, 4.69) is 0 Å². The van der Waals surface area contributed by atoms with Crippen LogP contribution in [0, 0.1) is 13.8 Å². The van der Waals surface area contributed by atoms with Gasteiger partial charge in [-0.15, -0.1) is 0 Å². The smallest absolute Gasteiger partial charge is 0.343 e. The number of rotatable bonds is 6. The molecule has 0 aliphatic heterocycles. The Morgan fingerprint density at radius 1 is 0.657 bits per heavy atom. The lowest BCUT2D eigenvalue weighted by molar-refractivity contribution is 0.0724. The van der Waals surface area contributed by atoms with Crippen LogP contribution in [0.5, 0.6) is 23.0 Å². The molecular formula is C29H24O6. The first-order valence-corrected chi connectivity index (χ1v) is 10.9. The van der Waals surface area contributed by atoms with Crippen LogP contribution in [-0.4, -0.2) is 24.2 Å². The van der Waals surface area contributed by atoms with Crippen molar-refractivity contribution >= 4 is 11.9 Å². The van der Waals surface area contributed by atoms with Gasteiger partial charge in [0.1, 0.15) is 23.0 Å². The summed E-state index contributed by atoms with van der Waals surface area (Å²) in [5.74, 6) is 0.699. The number of aryl methyl sites for hydroxylation is 2. The van der Waals surface area contributed by atoms with Crippen molar-refractivity contribution in [3.63, 3.8) is 0 Å². The molecule has 6 nitrogen and oxygen atoms in total. The summed E-state index contributed by atoms with van der Waals surface area (Å²) >= 11 is 0. The summed E-state index contributed by atoms with van der Waals surface area (Å²) in [5, 5.41) is 9.36. The number of ether oxygens (including phenoxy) is 3. The fourth-order valence-electron chi connectivity index (χ4n) is 3.56. The summed E-state index contributed by atoms with van der Waals surface area (Å²) in [6.07, 6.45) is 0. The number of carbonyl (C=O) groups is 2. The first-order chi connectivity index (χ1) is 16.8. The highest BCUT2D eigenvalue weighted by atomic mass is 16.5. The van der Waals surface area contributed by atoms with Crippen LogP contribution in [-0.2, 0) is 0 Å². The largest absolute Gasteiger partial charge is 0.508 e. The van der Waals surface area contributed by atoms with Crippen molar-refractivity contribution in [2.24, 2.45) is 0 Å². The highest BCUT2D eigenvalue weighted by molar-refractivity contribution is 5.92. The summed E-state index contributed by atoms with van der Waals surface area (Å²) in [6.45, 7) is 3.83. The van der Waals surface area contributed by atoms with E-state index in [1.165, 1.54) is 24.3 Å². The zero-order valence-corrected chi connectivity index (χ0v) is 19.6. The molecule has 6 heteroatoms. The van der Waals surface area contributed by atoms with Gasteiger partial charge in [0.25, 0.3) is 0 Å². The van der Waals surface area contributed by atoms with Gasteiger partial charge in [0.05, 0.1) is 18.2 Å². The van der Waals surface area contributed by atoms with E-state index in [1.807, 2.05) is 38.1 Å². The Hall–Kier alpha value is -4.58. The molecule has 0 aliphatic rings. The number of hydrogen-bond donors (Lipinski definition) is 1. The Kier molecular flexibility index (Phi) is 6.83. The van der Waals surface area contributed by atoms with Gasteiger partial charge in [-0.1, -0.05) is 12.1 Å². The maximum absolute atomic E-state index is 12.6. The maximum Gasteiger partial charge on any atom is 0.343 e. The maximum atomic E-state index is 12.6. The summed E-state index contributed by atoms with van der Waals surface area (Å²) in [5.41, 5.74) is 4.44. The molecule has 0 aliphatic carbocycles. The number of esters is 2. The van der Waals surface area contributed by atoms with Crippen LogP contribution in [0.25, 0.3) is 11.1 Å². The normalized spacial score (nSPS) is 10.5. The molecule has 0 saturated heterocycles. The predicted molar refractivity (Wildman–Crippen MR) is 132 cm³/mol. The first-order valence-electron chi connectivity index (χ1n) is 10.9. The van der Waals surface area contributed by atoms with Crippen molar-refractivity contribution < 1.29 is 28.9 Å². The number of methoxy groups -OCH3 is 1. The van der Waals surface area contributed by atoms with Crippen molar-refractivity contribution in [3.8, 4) is 34.1 Å². The molecule has 0 fully saturated rings. The molecule has 176 valence electrons. The van der Waals surface area contributed by atoms with Gasteiger partial charge in [-0.3, -0.25) is 0 Å². The highest BCUT2D eigenvalue weighted by Crippen LogP contribution is 2.32. The zero-order valence-electron chi connectivity index (χ0n) is 19.6. The van der Waals surface area contributed by atoms with Gasteiger partial charge < -0.3 is 19.3 Å². The van der Waals surface area contributed by atoms with Crippen LogP contribution in [0.2, 0.25) is 0 Å². The second-order valence-electron chi connectivity index (χ2n) is 8.01. The van der Waals surface area contributed by atoms with Crippen LogP contribution < -0.4 is 14.2 Å². The van der Waals surface area contributed by atoms with E-state index in [0.717, 1.165) is 22.3 Å². The van der Waals surface area contributed by atoms with E-state index < -0.39 is 11.9 Å². The Morgan fingerprint density at radius 2 is 1.20 bits per heavy atom. The molecule has 0 unspecified atom stereocenters. The number of hydrogen-bond acceptors (Lipinski definition) is 6. The topological polar surface area (TPSA) is 82.1 Å². The quantitative estimate of drug-likeness (QED) is 0.271. The zero-order chi connectivity index (χ0) is 24.9. The second kappa shape index (κ2) is 10.1. The van der Waals surface area contributed by atoms with E-state index in [1.54, 1.807) is 43.5 Å². The molecule has 0 aromatic heterocycles. The summed E-state index contributed by atoms with van der Waals surface area (Å²) in [6, 6.07) is 23.6. The third kappa shape index (κ3) is 5.50. The molecule has 0 saturated carbocycles. The van der Waals surface area contributed by atoms with Gasteiger partial charge in [0.15, 0.2) is 0 Å². The van der Waals surface area contributed by atoms with Crippen LogP contribution in [0.15, 0.2) is 84.9 Å². The molecule has 4 aromatic carbocycles. The number of benzene rings is 4. The number of phenols is 1. The van der Waals surface area contributed by atoms with Crippen LogP contribution in [0.3, 0.4) is 0 Å². The minimum absolute atomic E-state index is 0.0816. The van der Waals surface area contributed by atoms with E-state index in [0.29, 0.717) is 28.4 Å². The predicted octanol–water partition coefficient (Wildman–Crippen LogP) is 6.12. The third-order valence-corrected chi connectivity index (χ3v) is 5.53. The van der Waals surface area contributed by atoms with Gasteiger partial charge in [-0.05, 0) is 109 Å². The Balaban J connectivity index is 1.48. The summed E-state index contributed by atoms with van der Waals surface area (Å²) in [7, 11) is 1.57. The van der Waals surface area contributed by atoms with Gasteiger partial charge in [-0.2, -0.15) is 0 Å². The molecule has 1 N–H and O–H groups in total. The van der Waals surface area contributed by atoms with E-state index >= 15 is 0 Å². The van der Waals surface area contributed by atoms with Gasteiger partial charge in [-0.25, -0.2) is 9.59 Å². The van der Waals surface area contributed by atoms with Crippen molar-refractivity contribution in [1.82, 2.24) is 0 Å². The number of phenolic OH excluding ortho intramolecular Hbond substituents is 1. The monoisotopic (exact) mass is 468 g/mol. The Labute approximate surface area is 203 Å². The average molecular weight is 469 g/mol. The molecule has 0 amide bonds. The van der Waals surface area contributed by atoms with Crippen LogP contribution in [0.1, 0.15) is 31.8 Å². The summed E-state index contributed by atoms with van der Waals surface area (Å²) in [4.78, 5) is 24.8. The van der Waals surface area contributed by atoms with Crippen molar-refractivity contribution in [3.05, 3.63) is 107 Å². The molecule has 0 bridgehead atoms. The van der Waals surface area contributed by atoms with E-state index in [9.17, 15) is 14.7 Å². The lowest BCUT2D eigenvalue weighted by Crippen LogP contribution is -2.09. The molecule has 0 atom stereocenters. The van der Waals surface area contributed by atoms with Crippen molar-refractivity contribution in [1.29, 1.82) is 0 Å². The molecule has 4 aromatic rings. The summed E-state index contributed by atoms with van der Waals surface area (Å²) < 4.78 is 16.2. The lowest BCUT2D eigenvalue weighted by Gasteiger charge is -2.13. The molecule has 0 heterocycles. The number of carbonyl (C=O) groups excluding carboxylic acids is 2. The fraction of sp³-hybridized carbons (Fsp3) is 0.103. The number of aromatic hydroxyl groups is 1. The van der Waals surface area contributed by atoms with Gasteiger partial charge >= 0.3 is 11.9 Å². The minimum Gasteiger partial charge on any atom is -0.508 e. The Morgan fingerprint density at radius 3 is 1.80 bits per heavy atom. The van der Waals surface area contributed by atoms with Crippen LogP contribution >= 0.6 is 0 Å². The van der Waals surface area contributed by atoms with E-state index in [-0.39, 0.29) is 5.75 Å².